The van der Waals surface area contributed by atoms with Gasteiger partial charge in [-0.05, 0) is 24.3 Å². The third-order valence-electron chi connectivity index (χ3n) is 1.41. The Hall–Kier alpha value is -1.57. The molecule has 0 saturated heterocycles. The first-order valence-electron chi connectivity index (χ1n) is 3.84. The van der Waals surface area contributed by atoms with Gasteiger partial charge in [0.15, 0.2) is 0 Å². The lowest BCUT2D eigenvalue weighted by molar-refractivity contribution is 1.35. The average Bonchev–Trinajstić information content (AvgIpc) is 2.14. The Morgan fingerprint density at radius 3 is 2.08 bits per heavy atom. The van der Waals surface area contributed by atoms with Crippen molar-refractivity contribution in [2.45, 2.75) is 0 Å². The molecule has 12 heavy (non-hydrogen) atoms. The molecule has 1 aromatic rings. The Labute approximate surface area is 72.6 Å². The summed E-state index contributed by atoms with van der Waals surface area (Å²) >= 11 is 0. The van der Waals surface area contributed by atoms with E-state index in [0.717, 1.165) is 5.69 Å². The molecule has 0 amide bonds. The highest BCUT2D eigenvalue weighted by atomic mass is 14.8. The monoisotopic (exact) mass is 160 g/mol. The molecule has 0 saturated carbocycles. The van der Waals surface area contributed by atoms with E-state index in [1.807, 2.05) is 43.4 Å². The number of hydrogen-bond acceptors (Lipinski definition) is 2. The first-order valence-corrected chi connectivity index (χ1v) is 3.84. The Morgan fingerprint density at radius 1 is 1.00 bits per heavy atom. The molecule has 2 nitrogen and oxygen atoms in total. The summed E-state index contributed by atoms with van der Waals surface area (Å²) in [5, 5.41) is 3.06. The molecular weight excluding hydrogens is 148 g/mol. The van der Waals surface area contributed by atoms with E-state index in [-0.39, 0.29) is 0 Å². The predicted octanol–water partition coefficient (Wildman–Crippen LogP) is 2.25. The summed E-state index contributed by atoms with van der Waals surface area (Å²) in [4.78, 5) is 3.99. The van der Waals surface area contributed by atoms with Gasteiger partial charge in [0.05, 0.1) is 0 Å². The molecule has 1 rings (SSSR count). The molecule has 0 unspecified atom stereocenters. The van der Waals surface area contributed by atoms with Crippen molar-refractivity contribution in [2.24, 2.45) is 0 Å². The highest BCUT2D eigenvalue weighted by Crippen LogP contribution is 1.98. The van der Waals surface area contributed by atoms with E-state index in [2.05, 4.69) is 10.3 Å². The van der Waals surface area contributed by atoms with Crippen molar-refractivity contribution in [1.29, 1.82) is 0 Å². The van der Waals surface area contributed by atoms with Crippen LogP contribution in [-0.2, 0) is 0 Å². The van der Waals surface area contributed by atoms with E-state index in [9.17, 15) is 0 Å². The molecule has 0 aliphatic rings. The fourth-order valence-corrected chi connectivity index (χ4v) is 0.789. The lowest BCUT2D eigenvalue weighted by atomic mass is 10.4. The summed E-state index contributed by atoms with van der Waals surface area (Å²) in [5.74, 6) is 0. The standard InChI is InChI=1S/C10H12N2/c1-11-10-6-2-4-8-12-9-5-3-7-10/h2-9,11H,1H3. The first kappa shape index (κ1) is 8.53. The van der Waals surface area contributed by atoms with E-state index in [0.29, 0.717) is 0 Å². The molecule has 0 aliphatic carbocycles. The number of rotatable bonds is 1. The topological polar surface area (TPSA) is 24.9 Å². The molecule has 1 aromatic heterocycles. The Balaban J connectivity index is 3.07. The number of aromatic nitrogens is 1. The smallest absolute Gasteiger partial charge is 0.0337 e. The van der Waals surface area contributed by atoms with Gasteiger partial charge in [-0.2, -0.15) is 0 Å². The van der Waals surface area contributed by atoms with Crippen molar-refractivity contribution in [1.82, 2.24) is 4.98 Å². The van der Waals surface area contributed by atoms with E-state index in [1.165, 1.54) is 0 Å². The minimum atomic E-state index is 1.08. The lowest BCUT2D eigenvalue weighted by Crippen LogP contribution is -1.83. The largest absolute Gasteiger partial charge is 0.388 e. The van der Waals surface area contributed by atoms with Crippen LogP contribution in [0.4, 0.5) is 5.69 Å². The van der Waals surface area contributed by atoms with Crippen LogP contribution in [0.5, 0.6) is 0 Å². The van der Waals surface area contributed by atoms with Crippen molar-refractivity contribution in [2.75, 3.05) is 12.4 Å². The summed E-state index contributed by atoms with van der Waals surface area (Å²) in [5.41, 5.74) is 1.08. The molecular formula is C10H12N2. The number of hydrogen-bond donors (Lipinski definition) is 1. The van der Waals surface area contributed by atoms with Crippen LogP contribution in [-0.4, -0.2) is 12.0 Å². The van der Waals surface area contributed by atoms with Crippen LogP contribution < -0.4 is 5.32 Å². The first-order chi connectivity index (χ1) is 5.93. The summed E-state index contributed by atoms with van der Waals surface area (Å²) in [6.45, 7) is 0. The fourth-order valence-electron chi connectivity index (χ4n) is 0.789. The van der Waals surface area contributed by atoms with Gasteiger partial charge >= 0.3 is 0 Å². The van der Waals surface area contributed by atoms with Crippen molar-refractivity contribution in [3.8, 4) is 0 Å². The molecule has 62 valence electrons. The summed E-state index contributed by atoms with van der Waals surface area (Å²) in [6, 6.07) is 11.6. The Bertz CT molecular complexity index is 258. The van der Waals surface area contributed by atoms with Gasteiger partial charge in [-0.1, -0.05) is 12.1 Å². The van der Waals surface area contributed by atoms with Crippen LogP contribution in [0.3, 0.4) is 0 Å². The van der Waals surface area contributed by atoms with Gasteiger partial charge in [0.25, 0.3) is 0 Å². The van der Waals surface area contributed by atoms with E-state index in [4.69, 9.17) is 0 Å². The third kappa shape index (κ3) is 3.01. The van der Waals surface area contributed by atoms with Crippen molar-refractivity contribution < 1.29 is 0 Å². The van der Waals surface area contributed by atoms with E-state index < -0.39 is 0 Å². The second kappa shape index (κ2) is 5.13. The van der Waals surface area contributed by atoms with Crippen LogP contribution >= 0.6 is 0 Å². The van der Waals surface area contributed by atoms with Crippen molar-refractivity contribution >= 4 is 5.69 Å². The lowest BCUT2D eigenvalue weighted by Gasteiger charge is -1.92. The molecule has 0 aromatic carbocycles. The number of nitrogens with one attached hydrogen (secondary N) is 1. The molecule has 1 heterocycles. The van der Waals surface area contributed by atoms with Gasteiger partial charge in [-0.25, -0.2) is 0 Å². The van der Waals surface area contributed by atoms with Gasteiger partial charge in [0.2, 0.25) is 0 Å². The second-order valence-electron chi connectivity index (χ2n) is 2.26. The zero-order valence-electron chi connectivity index (χ0n) is 7.07. The molecule has 0 radical (unpaired) electrons. The van der Waals surface area contributed by atoms with Crippen LogP contribution in [0.2, 0.25) is 0 Å². The van der Waals surface area contributed by atoms with Gasteiger partial charge in [0.1, 0.15) is 0 Å². The maximum Gasteiger partial charge on any atom is 0.0337 e. The van der Waals surface area contributed by atoms with E-state index >= 15 is 0 Å². The van der Waals surface area contributed by atoms with Gasteiger partial charge in [-0.15, -0.1) is 0 Å². The summed E-state index contributed by atoms with van der Waals surface area (Å²) in [6.07, 6.45) is 3.50. The summed E-state index contributed by atoms with van der Waals surface area (Å²) in [7, 11) is 1.90. The number of anilines is 1. The minimum Gasteiger partial charge on any atom is -0.388 e. The highest BCUT2D eigenvalue weighted by Gasteiger charge is 1.75. The molecule has 0 bridgehead atoms. The second-order valence-corrected chi connectivity index (χ2v) is 2.26. The maximum atomic E-state index is 3.99. The maximum absolute atomic E-state index is 3.99. The van der Waals surface area contributed by atoms with Crippen LogP contribution in [0.1, 0.15) is 0 Å². The molecule has 2 heteroatoms. The molecule has 1 N–H and O–H groups in total. The summed E-state index contributed by atoms with van der Waals surface area (Å²) < 4.78 is 0. The van der Waals surface area contributed by atoms with Gasteiger partial charge in [-0.3, -0.25) is 4.98 Å². The predicted molar refractivity (Wildman–Crippen MR) is 51.4 cm³/mol. The quantitative estimate of drug-likeness (QED) is 0.681. The van der Waals surface area contributed by atoms with Crippen LogP contribution in [0.15, 0.2) is 48.8 Å². The van der Waals surface area contributed by atoms with Crippen LogP contribution in [0, 0.1) is 0 Å². The van der Waals surface area contributed by atoms with Crippen LogP contribution in [0.25, 0.3) is 0 Å². The Morgan fingerprint density at radius 2 is 1.58 bits per heavy atom. The highest BCUT2D eigenvalue weighted by molar-refractivity contribution is 5.39. The normalized spacial score (nSPS) is 8.42. The van der Waals surface area contributed by atoms with E-state index in [1.54, 1.807) is 12.4 Å². The minimum absolute atomic E-state index is 1.08. The molecule has 0 atom stereocenters. The Kier molecular flexibility index (Phi) is 3.64. The third-order valence-corrected chi connectivity index (χ3v) is 1.41. The molecule has 0 spiro atoms. The average molecular weight is 160 g/mol. The fraction of sp³-hybridized carbons (Fsp3) is 0.100. The zero-order chi connectivity index (χ0) is 8.65. The van der Waals surface area contributed by atoms with Gasteiger partial charge in [0, 0.05) is 25.1 Å². The molecule has 0 fully saturated rings. The molecule has 0 aliphatic heterocycles. The van der Waals surface area contributed by atoms with Gasteiger partial charge < -0.3 is 5.32 Å². The zero-order valence-corrected chi connectivity index (χ0v) is 7.07. The number of nitrogens with zero attached hydrogens (tertiary/aromatic N) is 1. The van der Waals surface area contributed by atoms with Crippen molar-refractivity contribution in [3.05, 3.63) is 48.8 Å². The SMILES string of the molecule is CNc1ccccncccc1. The van der Waals surface area contributed by atoms with Crippen molar-refractivity contribution in [3.63, 3.8) is 0 Å².